The Bertz CT molecular complexity index is 892. The van der Waals surface area contributed by atoms with Gasteiger partial charge in [-0.25, -0.2) is 4.39 Å². The van der Waals surface area contributed by atoms with Crippen LogP contribution < -0.4 is 5.32 Å². The fourth-order valence-corrected chi connectivity index (χ4v) is 3.56. The van der Waals surface area contributed by atoms with Crippen LogP contribution in [0.3, 0.4) is 0 Å². The molecule has 0 bridgehead atoms. The molecule has 0 saturated carbocycles. The monoisotopic (exact) mass is 385 g/mol. The first-order valence-corrected chi connectivity index (χ1v) is 9.37. The zero-order chi connectivity index (χ0) is 20.3. The van der Waals surface area contributed by atoms with Crippen molar-refractivity contribution in [2.45, 2.75) is 39.3 Å². The summed E-state index contributed by atoms with van der Waals surface area (Å²) in [6, 6.07) is 10.6. The topological polar surface area (TPSA) is 75.5 Å². The number of nitrogens with one attached hydrogen (secondary N) is 1. The van der Waals surface area contributed by atoms with Crippen LogP contribution in [0.5, 0.6) is 0 Å². The molecule has 28 heavy (non-hydrogen) atoms. The van der Waals surface area contributed by atoms with Crippen molar-refractivity contribution in [2.24, 2.45) is 0 Å². The van der Waals surface area contributed by atoms with Crippen LogP contribution in [-0.4, -0.2) is 34.9 Å². The highest BCUT2D eigenvalue weighted by atomic mass is 19.1. The van der Waals surface area contributed by atoms with Crippen LogP contribution in [-0.2, 0) is 6.54 Å². The molecule has 0 radical (unpaired) electrons. The SMILES string of the molecule is Cc1cccc(CN2CCC(NC(=O)c3cc(F)c(C)c([N+](=O)[O-])c3)CC2)c1. The van der Waals surface area contributed by atoms with Gasteiger partial charge in [0.25, 0.3) is 11.6 Å². The summed E-state index contributed by atoms with van der Waals surface area (Å²) in [6.07, 6.45) is 1.57. The standard InChI is InChI=1S/C21H24FN3O3/c1-14-4-3-5-16(10-14)13-24-8-6-18(7-9-24)23-21(26)17-11-19(22)15(2)20(12-17)25(27)28/h3-5,10-12,18H,6-9,13H2,1-2H3,(H,23,26). The van der Waals surface area contributed by atoms with Crippen LogP contribution in [0.2, 0.25) is 0 Å². The smallest absolute Gasteiger partial charge is 0.276 e. The molecule has 1 amide bonds. The van der Waals surface area contributed by atoms with Crippen molar-refractivity contribution in [3.63, 3.8) is 0 Å². The number of halogens is 1. The predicted octanol–water partition coefficient (Wildman–Crippen LogP) is 3.75. The number of nitro benzene ring substituents is 1. The van der Waals surface area contributed by atoms with Gasteiger partial charge in [-0.05, 0) is 38.3 Å². The average Bonchev–Trinajstić information content (AvgIpc) is 2.65. The molecule has 1 aliphatic heterocycles. The van der Waals surface area contributed by atoms with E-state index in [-0.39, 0.29) is 22.9 Å². The van der Waals surface area contributed by atoms with Gasteiger partial charge in [-0.15, -0.1) is 0 Å². The Labute approximate surface area is 163 Å². The zero-order valence-corrected chi connectivity index (χ0v) is 16.1. The fraction of sp³-hybridized carbons (Fsp3) is 0.381. The number of carbonyl (C=O) groups is 1. The van der Waals surface area contributed by atoms with Crippen molar-refractivity contribution >= 4 is 11.6 Å². The highest BCUT2D eigenvalue weighted by Gasteiger charge is 2.24. The first-order valence-electron chi connectivity index (χ1n) is 9.37. The molecule has 2 aromatic carbocycles. The third kappa shape index (κ3) is 4.72. The number of nitro groups is 1. The van der Waals surface area contributed by atoms with E-state index in [1.165, 1.54) is 18.1 Å². The number of hydrogen-bond donors (Lipinski definition) is 1. The molecule has 0 aliphatic carbocycles. The number of rotatable bonds is 5. The summed E-state index contributed by atoms with van der Waals surface area (Å²) >= 11 is 0. The van der Waals surface area contributed by atoms with Crippen LogP contribution in [0, 0.1) is 29.8 Å². The maximum atomic E-state index is 13.9. The molecule has 0 unspecified atom stereocenters. The summed E-state index contributed by atoms with van der Waals surface area (Å²) in [5.41, 5.74) is 2.05. The number of hydrogen-bond acceptors (Lipinski definition) is 4. The van der Waals surface area contributed by atoms with E-state index in [1.807, 2.05) is 0 Å². The third-order valence-electron chi connectivity index (χ3n) is 5.19. The number of likely N-dealkylation sites (tertiary alicyclic amines) is 1. The lowest BCUT2D eigenvalue weighted by molar-refractivity contribution is -0.385. The minimum atomic E-state index is -0.743. The van der Waals surface area contributed by atoms with Gasteiger partial charge >= 0.3 is 0 Å². The van der Waals surface area contributed by atoms with Crippen molar-refractivity contribution in [2.75, 3.05) is 13.1 Å². The van der Waals surface area contributed by atoms with Gasteiger partial charge in [0.15, 0.2) is 0 Å². The molecule has 1 aliphatic rings. The van der Waals surface area contributed by atoms with E-state index in [0.29, 0.717) is 0 Å². The van der Waals surface area contributed by atoms with Gasteiger partial charge in [-0.2, -0.15) is 0 Å². The lowest BCUT2D eigenvalue weighted by Gasteiger charge is -2.32. The van der Waals surface area contributed by atoms with Gasteiger partial charge in [0.1, 0.15) is 5.82 Å². The molecule has 7 heteroatoms. The quantitative estimate of drug-likeness (QED) is 0.628. The van der Waals surface area contributed by atoms with Gasteiger partial charge < -0.3 is 5.32 Å². The number of benzene rings is 2. The molecule has 148 valence electrons. The summed E-state index contributed by atoms with van der Waals surface area (Å²) in [4.78, 5) is 25.2. The van der Waals surface area contributed by atoms with E-state index >= 15 is 0 Å². The Hall–Kier alpha value is -2.80. The molecule has 2 aromatic rings. The van der Waals surface area contributed by atoms with E-state index in [1.54, 1.807) is 0 Å². The Morgan fingerprint density at radius 2 is 1.96 bits per heavy atom. The second kappa shape index (κ2) is 8.48. The van der Waals surface area contributed by atoms with Crippen LogP contribution in [0.25, 0.3) is 0 Å². The Morgan fingerprint density at radius 1 is 1.25 bits per heavy atom. The molecule has 1 heterocycles. The minimum absolute atomic E-state index is 0.0167. The van der Waals surface area contributed by atoms with Crippen molar-refractivity contribution in [3.05, 3.63) is 74.6 Å². The van der Waals surface area contributed by atoms with Crippen molar-refractivity contribution in [1.82, 2.24) is 10.2 Å². The molecule has 1 N–H and O–H groups in total. The molecule has 6 nitrogen and oxygen atoms in total. The largest absolute Gasteiger partial charge is 0.349 e. The summed E-state index contributed by atoms with van der Waals surface area (Å²) in [5.74, 6) is -1.22. The van der Waals surface area contributed by atoms with Crippen molar-refractivity contribution in [1.29, 1.82) is 0 Å². The van der Waals surface area contributed by atoms with Crippen LogP contribution in [0.4, 0.5) is 10.1 Å². The first kappa shape index (κ1) is 19.9. The predicted molar refractivity (Wildman–Crippen MR) is 105 cm³/mol. The molecule has 1 fully saturated rings. The summed E-state index contributed by atoms with van der Waals surface area (Å²) in [6.45, 7) is 5.98. The van der Waals surface area contributed by atoms with Crippen molar-refractivity contribution < 1.29 is 14.1 Å². The van der Waals surface area contributed by atoms with E-state index < -0.39 is 16.6 Å². The highest BCUT2D eigenvalue weighted by Crippen LogP contribution is 2.23. The average molecular weight is 385 g/mol. The van der Waals surface area contributed by atoms with Gasteiger partial charge in [-0.1, -0.05) is 29.8 Å². The first-order chi connectivity index (χ1) is 13.3. The van der Waals surface area contributed by atoms with Gasteiger partial charge in [0, 0.05) is 37.3 Å². The normalized spacial score (nSPS) is 15.4. The van der Waals surface area contributed by atoms with Crippen LogP contribution >= 0.6 is 0 Å². The second-order valence-electron chi connectivity index (χ2n) is 7.37. The fourth-order valence-electron chi connectivity index (χ4n) is 3.56. The van der Waals surface area contributed by atoms with Crippen LogP contribution in [0.1, 0.15) is 39.9 Å². The number of aryl methyl sites for hydroxylation is 1. The summed E-state index contributed by atoms with van der Waals surface area (Å²) in [7, 11) is 0. The maximum absolute atomic E-state index is 13.9. The van der Waals surface area contributed by atoms with Crippen molar-refractivity contribution in [3.8, 4) is 0 Å². The van der Waals surface area contributed by atoms with E-state index in [9.17, 15) is 19.3 Å². The molecule has 3 rings (SSSR count). The number of nitrogens with zero attached hydrogens (tertiary/aromatic N) is 2. The van der Waals surface area contributed by atoms with E-state index in [2.05, 4.69) is 41.4 Å². The van der Waals surface area contributed by atoms with Gasteiger partial charge in [-0.3, -0.25) is 19.8 Å². The second-order valence-corrected chi connectivity index (χ2v) is 7.37. The Kier molecular flexibility index (Phi) is 6.04. The van der Waals surface area contributed by atoms with E-state index in [4.69, 9.17) is 0 Å². The summed E-state index contributed by atoms with van der Waals surface area (Å²) in [5, 5.41) is 13.9. The lowest BCUT2D eigenvalue weighted by atomic mass is 10.0. The minimum Gasteiger partial charge on any atom is -0.349 e. The van der Waals surface area contributed by atoms with Gasteiger partial charge in [0.2, 0.25) is 0 Å². The summed E-state index contributed by atoms with van der Waals surface area (Å²) < 4.78 is 13.9. The zero-order valence-electron chi connectivity index (χ0n) is 16.1. The highest BCUT2D eigenvalue weighted by molar-refractivity contribution is 5.95. The molecule has 0 spiro atoms. The molecule has 0 aromatic heterocycles. The Balaban J connectivity index is 1.57. The Morgan fingerprint density at radius 3 is 2.61 bits per heavy atom. The molecular formula is C21H24FN3O3. The maximum Gasteiger partial charge on any atom is 0.276 e. The molecular weight excluding hydrogens is 361 g/mol. The van der Waals surface area contributed by atoms with Gasteiger partial charge in [0.05, 0.1) is 10.5 Å². The molecule has 1 saturated heterocycles. The number of carbonyl (C=O) groups excluding carboxylic acids is 1. The number of piperidine rings is 1. The molecule has 0 atom stereocenters. The lowest BCUT2D eigenvalue weighted by Crippen LogP contribution is -2.44. The van der Waals surface area contributed by atoms with E-state index in [0.717, 1.165) is 44.6 Å². The van der Waals surface area contributed by atoms with Crippen LogP contribution in [0.15, 0.2) is 36.4 Å². The third-order valence-corrected chi connectivity index (χ3v) is 5.19. The number of amides is 1.